The van der Waals surface area contributed by atoms with Gasteiger partial charge in [0, 0.05) is 47.8 Å². The van der Waals surface area contributed by atoms with E-state index in [2.05, 4.69) is 26.0 Å². The third-order valence-corrected chi connectivity index (χ3v) is 14.0. The highest BCUT2D eigenvalue weighted by atomic mass is 32.2. The van der Waals surface area contributed by atoms with Gasteiger partial charge in [-0.1, -0.05) is 44.6 Å². The number of methoxy groups -OCH3 is 1. The lowest BCUT2D eigenvalue weighted by Crippen LogP contribution is -2.59. The van der Waals surface area contributed by atoms with Gasteiger partial charge in [0.05, 0.1) is 30.6 Å². The molecule has 3 aliphatic rings. The van der Waals surface area contributed by atoms with E-state index in [-0.39, 0.29) is 30.3 Å². The van der Waals surface area contributed by atoms with Crippen LogP contribution in [0, 0.1) is 11.8 Å². The number of aromatic nitrogens is 2. The minimum absolute atomic E-state index is 0.0150. The Morgan fingerprint density at radius 1 is 1.00 bits per heavy atom. The molecule has 0 unspecified atom stereocenters. The number of hydrogen-bond acceptors (Lipinski definition) is 14. The molecular weight excluding hydrogens is 897 g/mol. The second kappa shape index (κ2) is 20.1. The molecule has 1 saturated carbocycles. The normalized spacial score (nSPS) is 22.3. The summed E-state index contributed by atoms with van der Waals surface area (Å²) in [6.45, 7) is 13.2. The Hall–Kier alpha value is -5.95. The minimum atomic E-state index is -4.41. The predicted molar refractivity (Wildman–Crippen MR) is 258 cm³/mol. The van der Waals surface area contributed by atoms with E-state index < -0.39 is 75.0 Å². The number of fused-ring (bicyclic) bond motifs is 3. The number of para-hydroxylation sites is 1. The van der Waals surface area contributed by atoms with Crippen LogP contribution in [0.2, 0.25) is 0 Å². The standard InChI is InChI=1S/C48H62N8O9S2/c1-28(2)41(53-46(60)65-47(5,6)7)43(58)56-26-32(64-39-24-36(37-27-66-45(52-37)50-29(3)4)51-35-22-31(63-8)19-20-33(35)39)23-38(56)42(57)54-48-25-30(48)16-12-10-9-11-15-21-49-34-17-13-14-18-40(34)67(61,62)55-44(48)59/h12-14,16-20,22,24,27-30,32,38,41,49H,9-11,15,21,23,25-26H2,1-8H3,(H,50,52)(H,53,60)(H,54,57)(H,55,59)/t30-,32-,38+,41+,48-/m1/s1. The molecule has 7 rings (SSSR count). The molecule has 360 valence electrons. The van der Waals surface area contributed by atoms with Crippen LogP contribution in [-0.2, 0) is 29.1 Å². The quantitative estimate of drug-likeness (QED) is 0.0958. The molecule has 0 bridgehead atoms. The molecule has 1 aliphatic carbocycles. The van der Waals surface area contributed by atoms with Gasteiger partial charge >= 0.3 is 6.09 Å². The van der Waals surface area contributed by atoms with Gasteiger partial charge in [-0.05, 0) is 90.5 Å². The van der Waals surface area contributed by atoms with Gasteiger partial charge in [-0.25, -0.2) is 27.9 Å². The number of rotatable bonds is 11. The molecule has 2 aliphatic heterocycles. The van der Waals surface area contributed by atoms with Crippen LogP contribution < -0.4 is 35.5 Å². The highest BCUT2D eigenvalue weighted by molar-refractivity contribution is 7.90. The Morgan fingerprint density at radius 2 is 1.78 bits per heavy atom. The van der Waals surface area contributed by atoms with Crippen molar-refractivity contribution in [2.45, 2.75) is 127 Å². The smallest absolute Gasteiger partial charge is 0.408 e. The zero-order valence-corrected chi connectivity index (χ0v) is 40.9. The summed E-state index contributed by atoms with van der Waals surface area (Å²) in [7, 11) is -2.84. The molecule has 5 atom stereocenters. The van der Waals surface area contributed by atoms with Crippen LogP contribution in [-0.4, -0.2) is 103 Å². The largest absolute Gasteiger partial charge is 0.497 e. The summed E-state index contributed by atoms with van der Waals surface area (Å²) < 4.78 is 47.9. The van der Waals surface area contributed by atoms with Gasteiger partial charge in [-0.2, -0.15) is 0 Å². The summed E-state index contributed by atoms with van der Waals surface area (Å²) in [5, 5.41) is 15.4. The van der Waals surface area contributed by atoms with Gasteiger partial charge < -0.3 is 40.4 Å². The fourth-order valence-electron chi connectivity index (χ4n) is 8.37. The summed E-state index contributed by atoms with van der Waals surface area (Å²) in [5.74, 6) is -2.10. The molecule has 2 fully saturated rings. The summed E-state index contributed by atoms with van der Waals surface area (Å²) in [4.78, 5) is 68.2. The van der Waals surface area contributed by atoms with Crippen LogP contribution in [0.5, 0.6) is 11.5 Å². The van der Waals surface area contributed by atoms with Crippen LogP contribution in [0.4, 0.5) is 15.6 Å². The fraction of sp³-hybridized carbons (Fsp3) is 0.500. The lowest BCUT2D eigenvalue weighted by atomic mass is 10.0. The lowest BCUT2D eigenvalue weighted by Gasteiger charge is -2.31. The molecule has 2 aromatic heterocycles. The number of allylic oxidation sites excluding steroid dienone is 1. The van der Waals surface area contributed by atoms with Gasteiger partial charge in [-0.3, -0.25) is 14.4 Å². The molecular formula is C48H62N8O9S2. The van der Waals surface area contributed by atoms with E-state index in [1.165, 1.54) is 22.3 Å². The topological polar surface area (TPSA) is 219 Å². The van der Waals surface area contributed by atoms with E-state index in [0.29, 0.717) is 46.0 Å². The van der Waals surface area contributed by atoms with Crippen LogP contribution >= 0.6 is 11.3 Å². The van der Waals surface area contributed by atoms with Crippen molar-refractivity contribution in [2.24, 2.45) is 11.8 Å². The lowest BCUT2D eigenvalue weighted by molar-refractivity contribution is -0.141. The Bertz CT molecular complexity index is 2630. The Labute approximate surface area is 396 Å². The number of hydrogen-bond donors (Lipinski definition) is 5. The summed E-state index contributed by atoms with van der Waals surface area (Å²) >= 11 is 1.44. The van der Waals surface area contributed by atoms with Crippen molar-refractivity contribution in [1.29, 1.82) is 0 Å². The summed E-state index contributed by atoms with van der Waals surface area (Å²) in [6.07, 6.45) is 5.69. The van der Waals surface area contributed by atoms with Crippen LogP contribution in [0.15, 0.2) is 71.0 Å². The first-order chi connectivity index (χ1) is 31.8. The number of carbonyl (C=O) groups excluding carboxylic acids is 4. The number of nitrogens with zero attached hydrogens (tertiary/aromatic N) is 3. The number of benzene rings is 2. The number of ether oxygens (including phenoxy) is 3. The summed E-state index contributed by atoms with van der Waals surface area (Å²) in [6, 6.07) is 11.4. The molecule has 4 aromatic rings. The fourth-order valence-corrected chi connectivity index (χ4v) is 10.4. The minimum Gasteiger partial charge on any atom is -0.497 e. The van der Waals surface area contributed by atoms with E-state index in [0.717, 1.165) is 30.8 Å². The van der Waals surface area contributed by atoms with E-state index in [4.69, 9.17) is 24.2 Å². The van der Waals surface area contributed by atoms with Crippen molar-refractivity contribution < 1.29 is 41.8 Å². The first kappa shape index (κ1) is 49.0. The van der Waals surface area contributed by atoms with Crippen molar-refractivity contribution >= 4 is 66.9 Å². The maximum Gasteiger partial charge on any atom is 0.408 e. The predicted octanol–water partition coefficient (Wildman–Crippen LogP) is 7.01. The maximum atomic E-state index is 14.9. The molecule has 1 saturated heterocycles. The van der Waals surface area contributed by atoms with Crippen LogP contribution in [0.3, 0.4) is 0 Å². The number of sulfonamides is 1. The van der Waals surface area contributed by atoms with E-state index in [1.54, 1.807) is 78.1 Å². The number of pyridine rings is 1. The Morgan fingerprint density at radius 3 is 2.51 bits per heavy atom. The van der Waals surface area contributed by atoms with Gasteiger partial charge in [0.15, 0.2) is 5.13 Å². The highest BCUT2D eigenvalue weighted by Crippen LogP contribution is 2.46. The third-order valence-electron chi connectivity index (χ3n) is 11.8. The maximum absolute atomic E-state index is 14.9. The van der Waals surface area contributed by atoms with Crippen LogP contribution in [0.25, 0.3) is 22.3 Å². The van der Waals surface area contributed by atoms with Gasteiger partial charge in [0.1, 0.15) is 51.4 Å². The zero-order chi connectivity index (χ0) is 48.3. The second-order valence-electron chi connectivity index (χ2n) is 19.0. The molecule has 5 N–H and O–H groups in total. The molecule has 4 amide bonds. The number of anilines is 2. The average molecular weight is 959 g/mol. The van der Waals surface area contributed by atoms with Crippen molar-refractivity contribution in [3.63, 3.8) is 0 Å². The second-order valence-corrected chi connectivity index (χ2v) is 21.5. The number of thiazole rings is 1. The highest BCUT2D eigenvalue weighted by Gasteiger charge is 2.62. The van der Waals surface area contributed by atoms with Crippen LogP contribution in [0.1, 0.15) is 87.0 Å². The van der Waals surface area contributed by atoms with Crippen molar-refractivity contribution in [2.75, 3.05) is 30.8 Å². The van der Waals surface area contributed by atoms with Crippen molar-refractivity contribution in [3.05, 3.63) is 66.1 Å². The van der Waals surface area contributed by atoms with Gasteiger partial charge in [-0.15, -0.1) is 11.3 Å². The number of carbonyl (C=O) groups is 4. The average Bonchev–Trinajstić information content (AvgIpc) is 3.52. The van der Waals surface area contributed by atoms with Crippen molar-refractivity contribution in [3.8, 4) is 22.9 Å². The molecule has 19 heteroatoms. The zero-order valence-electron chi connectivity index (χ0n) is 39.3. The monoisotopic (exact) mass is 958 g/mol. The van der Waals surface area contributed by atoms with E-state index in [9.17, 15) is 27.6 Å². The Balaban J connectivity index is 1.23. The Kier molecular flexibility index (Phi) is 14.7. The molecule has 0 radical (unpaired) electrons. The number of nitrogens with one attached hydrogen (secondary N) is 5. The van der Waals surface area contributed by atoms with Crippen molar-refractivity contribution in [1.82, 2.24) is 30.2 Å². The number of amides is 4. The third kappa shape index (κ3) is 11.6. The first-order valence-corrected chi connectivity index (χ1v) is 25.2. The van der Waals surface area contributed by atoms with E-state index in [1.807, 2.05) is 37.4 Å². The number of likely N-dealkylation sites (tertiary alicyclic amines) is 1. The SMILES string of the molecule is COc1ccc2c(O[C@@H]3C[C@@H](C(=O)N[C@]45C[C@H]4C=CCCCCCNc4ccccc4S(=O)(=O)NC5=O)N(C(=O)[C@@H](NC(=O)OC(C)(C)C)C(C)C)C3)cc(-c3csc(NC(C)C)n3)nc2c1. The van der Waals surface area contributed by atoms with E-state index >= 15 is 0 Å². The molecule has 0 spiro atoms. The van der Waals surface area contributed by atoms with Gasteiger partial charge in [0.2, 0.25) is 11.8 Å². The molecule has 4 heterocycles. The molecule has 17 nitrogen and oxygen atoms in total. The first-order valence-electron chi connectivity index (χ1n) is 22.8. The van der Waals surface area contributed by atoms with Gasteiger partial charge in [0.25, 0.3) is 15.9 Å². The molecule has 2 aromatic carbocycles. The summed E-state index contributed by atoms with van der Waals surface area (Å²) in [5.41, 5.74) is -0.425. The number of alkyl carbamates (subject to hydrolysis) is 1. The molecule has 67 heavy (non-hydrogen) atoms.